The van der Waals surface area contributed by atoms with Gasteiger partial charge in [0.2, 0.25) is 0 Å². The number of nitrogens with zero attached hydrogens (tertiary/aromatic N) is 3. The Labute approximate surface area is 72.0 Å². The zero-order valence-electron chi connectivity index (χ0n) is 7.32. The Morgan fingerprint density at radius 3 is 3.08 bits per heavy atom. The van der Waals surface area contributed by atoms with Gasteiger partial charge in [0.25, 0.3) is 0 Å². The minimum Gasteiger partial charge on any atom is -0.311 e. The fourth-order valence-corrected chi connectivity index (χ4v) is 1.20. The molecular formula is C8H14N4. The van der Waals surface area contributed by atoms with Gasteiger partial charge >= 0.3 is 0 Å². The van der Waals surface area contributed by atoms with Crippen molar-refractivity contribution in [2.45, 2.75) is 19.4 Å². The number of hydrogen-bond acceptors (Lipinski definition) is 3. The first-order chi connectivity index (χ1) is 5.86. The maximum absolute atomic E-state index is 3.86. The first kappa shape index (κ1) is 7.73. The summed E-state index contributed by atoms with van der Waals surface area (Å²) in [6.45, 7) is 2.03. The molecule has 1 N–H and O–H groups in total. The highest BCUT2D eigenvalue weighted by molar-refractivity contribution is 4.92. The molecule has 0 aliphatic heterocycles. The van der Waals surface area contributed by atoms with Gasteiger partial charge < -0.3 is 5.32 Å². The van der Waals surface area contributed by atoms with Gasteiger partial charge in [-0.1, -0.05) is 5.21 Å². The van der Waals surface area contributed by atoms with E-state index in [2.05, 4.69) is 15.6 Å². The summed E-state index contributed by atoms with van der Waals surface area (Å²) in [4.78, 5) is 0. The molecule has 12 heavy (non-hydrogen) atoms. The molecule has 66 valence electrons. The van der Waals surface area contributed by atoms with E-state index in [9.17, 15) is 0 Å². The van der Waals surface area contributed by atoms with Crippen LogP contribution in [0.2, 0.25) is 0 Å². The molecule has 1 fully saturated rings. The van der Waals surface area contributed by atoms with E-state index in [1.54, 1.807) is 10.9 Å². The van der Waals surface area contributed by atoms with E-state index < -0.39 is 0 Å². The van der Waals surface area contributed by atoms with Gasteiger partial charge in [-0.15, -0.1) is 5.10 Å². The standard InChI is InChI=1S/C8H14N4/c1-12-8(6-10-11-12)5-9-4-7-2-3-7/h6-7,9H,2-5H2,1H3. The summed E-state index contributed by atoms with van der Waals surface area (Å²) >= 11 is 0. The quantitative estimate of drug-likeness (QED) is 0.700. The lowest BCUT2D eigenvalue weighted by Gasteiger charge is -2.01. The summed E-state index contributed by atoms with van der Waals surface area (Å²) in [5.41, 5.74) is 1.15. The minimum absolute atomic E-state index is 0.889. The van der Waals surface area contributed by atoms with Crippen molar-refractivity contribution in [2.75, 3.05) is 6.54 Å². The van der Waals surface area contributed by atoms with Crippen LogP contribution >= 0.6 is 0 Å². The van der Waals surface area contributed by atoms with Crippen molar-refractivity contribution in [3.8, 4) is 0 Å². The fraction of sp³-hybridized carbons (Fsp3) is 0.750. The Morgan fingerprint density at radius 1 is 1.67 bits per heavy atom. The molecular weight excluding hydrogens is 152 g/mol. The molecule has 4 nitrogen and oxygen atoms in total. The lowest BCUT2D eigenvalue weighted by atomic mass is 10.4. The molecule has 1 aromatic heterocycles. The number of hydrogen-bond donors (Lipinski definition) is 1. The second-order valence-corrected chi connectivity index (χ2v) is 3.42. The molecule has 0 amide bonds. The van der Waals surface area contributed by atoms with Crippen molar-refractivity contribution in [2.24, 2.45) is 13.0 Å². The third-order valence-electron chi connectivity index (χ3n) is 2.24. The Balaban J connectivity index is 1.75. The first-order valence-corrected chi connectivity index (χ1v) is 4.40. The molecule has 0 saturated heterocycles. The smallest absolute Gasteiger partial charge is 0.0738 e. The van der Waals surface area contributed by atoms with Crippen LogP contribution in [0.3, 0.4) is 0 Å². The second kappa shape index (κ2) is 3.23. The summed E-state index contributed by atoms with van der Waals surface area (Å²) < 4.78 is 1.81. The highest BCUT2D eigenvalue weighted by atomic mass is 15.4. The molecule has 0 spiro atoms. The molecule has 1 heterocycles. The molecule has 2 rings (SSSR count). The van der Waals surface area contributed by atoms with Crippen LogP contribution < -0.4 is 5.32 Å². The summed E-state index contributed by atoms with van der Waals surface area (Å²) in [5, 5.41) is 11.1. The molecule has 0 atom stereocenters. The van der Waals surface area contributed by atoms with Crippen LogP contribution in [0.5, 0.6) is 0 Å². The summed E-state index contributed by atoms with van der Waals surface area (Å²) in [6.07, 6.45) is 4.60. The normalized spacial score (nSPS) is 16.8. The largest absolute Gasteiger partial charge is 0.311 e. The van der Waals surface area contributed by atoms with Gasteiger partial charge in [0, 0.05) is 13.6 Å². The van der Waals surface area contributed by atoms with E-state index in [0.717, 1.165) is 24.7 Å². The van der Waals surface area contributed by atoms with Crippen molar-refractivity contribution in [1.29, 1.82) is 0 Å². The van der Waals surface area contributed by atoms with Crippen molar-refractivity contribution in [3.05, 3.63) is 11.9 Å². The Bertz CT molecular complexity index is 251. The van der Waals surface area contributed by atoms with E-state index >= 15 is 0 Å². The minimum atomic E-state index is 0.889. The van der Waals surface area contributed by atoms with Crippen LogP contribution in [0.15, 0.2) is 6.20 Å². The van der Waals surface area contributed by atoms with Crippen LogP contribution in [-0.2, 0) is 13.6 Å². The van der Waals surface area contributed by atoms with Crippen molar-refractivity contribution in [1.82, 2.24) is 20.3 Å². The van der Waals surface area contributed by atoms with E-state index in [4.69, 9.17) is 0 Å². The van der Waals surface area contributed by atoms with Crippen LogP contribution in [-0.4, -0.2) is 21.5 Å². The fourth-order valence-electron chi connectivity index (χ4n) is 1.20. The molecule has 1 aliphatic rings. The van der Waals surface area contributed by atoms with Crippen LogP contribution in [0.1, 0.15) is 18.5 Å². The maximum Gasteiger partial charge on any atom is 0.0738 e. The topological polar surface area (TPSA) is 42.7 Å². The molecule has 4 heteroatoms. The van der Waals surface area contributed by atoms with Gasteiger partial charge in [0.05, 0.1) is 11.9 Å². The van der Waals surface area contributed by atoms with Crippen molar-refractivity contribution in [3.63, 3.8) is 0 Å². The Kier molecular flexibility index (Phi) is 2.08. The van der Waals surface area contributed by atoms with Gasteiger partial charge in [0.1, 0.15) is 0 Å². The summed E-state index contributed by atoms with van der Waals surface area (Å²) in [5.74, 6) is 0.936. The van der Waals surface area contributed by atoms with Crippen molar-refractivity contribution < 1.29 is 0 Å². The van der Waals surface area contributed by atoms with Crippen LogP contribution in [0, 0.1) is 5.92 Å². The second-order valence-electron chi connectivity index (χ2n) is 3.42. The zero-order valence-corrected chi connectivity index (χ0v) is 7.32. The van der Waals surface area contributed by atoms with Gasteiger partial charge in [-0.25, -0.2) is 0 Å². The molecule has 0 unspecified atom stereocenters. The number of aryl methyl sites for hydroxylation is 1. The monoisotopic (exact) mass is 166 g/mol. The number of rotatable bonds is 4. The Morgan fingerprint density at radius 2 is 2.50 bits per heavy atom. The molecule has 0 aromatic carbocycles. The SMILES string of the molecule is Cn1nncc1CNCC1CC1. The summed E-state index contributed by atoms with van der Waals surface area (Å²) in [7, 11) is 1.92. The molecule has 1 saturated carbocycles. The number of aromatic nitrogens is 3. The third-order valence-corrected chi connectivity index (χ3v) is 2.24. The first-order valence-electron chi connectivity index (χ1n) is 4.40. The van der Waals surface area contributed by atoms with Crippen LogP contribution in [0.4, 0.5) is 0 Å². The van der Waals surface area contributed by atoms with E-state index in [-0.39, 0.29) is 0 Å². The van der Waals surface area contributed by atoms with E-state index in [0.29, 0.717) is 0 Å². The lowest BCUT2D eigenvalue weighted by molar-refractivity contribution is 0.594. The van der Waals surface area contributed by atoms with Gasteiger partial charge in [-0.05, 0) is 25.3 Å². The Hall–Kier alpha value is -0.900. The number of nitrogens with one attached hydrogen (secondary N) is 1. The molecule has 1 aliphatic carbocycles. The molecule has 1 aromatic rings. The van der Waals surface area contributed by atoms with Crippen molar-refractivity contribution >= 4 is 0 Å². The highest BCUT2D eigenvalue weighted by Gasteiger charge is 2.20. The lowest BCUT2D eigenvalue weighted by Crippen LogP contribution is -2.18. The highest BCUT2D eigenvalue weighted by Crippen LogP contribution is 2.27. The predicted molar refractivity (Wildman–Crippen MR) is 45.4 cm³/mol. The molecule has 0 bridgehead atoms. The third kappa shape index (κ3) is 1.82. The zero-order chi connectivity index (χ0) is 8.39. The van der Waals surface area contributed by atoms with Gasteiger partial charge in [-0.2, -0.15) is 0 Å². The van der Waals surface area contributed by atoms with Crippen LogP contribution in [0.25, 0.3) is 0 Å². The van der Waals surface area contributed by atoms with E-state index in [1.807, 2.05) is 7.05 Å². The molecule has 0 radical (unpaired) electrons. The van der Waals surface area contributed by atoms with Gasteiger partial charge in [0.15, 0.2) is 0 Å². The maximum atomic E-state index is 3.86. The van der Waals surface area contributed by atoms with E-state index in [1.165, 1.54) is 12.8 Å². The average molecular weight is 166 g/mol. The summed E-state index contributed by atoms with van der Waals surface area (Å²) in [6, 6.07) is 0. The van der Waals surface area contributed by atoms with Gasteiger partial charge in [-0.3, -0.25) is 4.68 Å². The average Bonchev–Trinajstić information content (AvgIpc) is 2.78. The predicted octanol–water partition coefficient (Wildman–Crippen LogP) is 0.315.